The zero-order chi connectivity index (χ0) is 12.9. The summed E-state index contributed by atoms with van der Waals surface area (Å²) < 4.78 is 29.7. The highest BCUT2D eigenvalue weighted by atomic mass is 32.2. The molecule has 1 heterocycles. The van der Waals surface area contributed by atoms with Gasteiger partial charge in [-0.05, 0) is 0 Å². The summed E-state index contributed by atoms with van der Waals surface area (Å²) in [5.74, 6) is -0.621. The predicted molar refractivity (Wildman–Crippen MR) is 66.0 cm³/mol. The van der Waals surface area contributed by atoms with Gasteiger partial charge in [0.2, 0.25) is 0 Å². The molecule has 0 bridgehead atoms. The number of hydrogen-bond donors (Lipinski definition) is 3. The van der Waals surface area contributed by atoms with Gasteiger partial charge in [0.05, 0.1) is 12.7 Å². The lowest BCUT2D eigenvalue weighted by atomic mass is 10.3. The highest BCUT2D eigenvalue weighted by molar-refractivity contribution is 7.85. The van der Waals surface area contributed by atoms with E-state index in [1.807, 2.05) is 4.90 Å². The highest BCUT2D eigenvalue weighted by Crippen LogP contribution is 2.03. The lowest BCUT2D eigenvalue weighted by Crippen LogP contribution is -2.49. The van der Waals surface area contributed by atoms with Crippen molar-refractivity contribution >= 4 is 10.1 Å². The van der Waals surface area contributed by atoms with Crippen molar-refractivity contribution in [1.82, 2.24) is 9.80 Å². The minimum Gasteiger partial charge on any atom is -0.412 e. The molecular weight excluding hydrogens is 264 g/mol. The third-order valence-corrected chi connectivity index (χ3v) is 3.56. The summed E-state index contributed by atoms with van der Waals surface area (Å²) in [5, 5.41) is 18.2. The first-order valence-electron chi connectivity index (χ1n) is 5.59. The summed E-state index contributed by atoms with van der Waals surface area (Å²) in [6, 6.07) is 0. The van der Waals surface area contributed by atoms with Crippen LogP contribution in [-0.2, 0) is 10.1 Å². The maximum atomic E-state index is 10.6. The van der Waals surface area contributed by atoms with E-state index in [0.29, 0.717) is 6.54 Å². The second-order valence-electron chi connectivity index (χ2n) is 4.27. The van der Waals surface area contributed by atoms with Crippen molar-refractivity contribution in [2.75, 3.05) is 51.6 Å². The van der Waals surface area contributed by atoms with Crippen molar-refractivity contribution in [2.45, 2.75) is 6.10 Å². The Morgan fingerprint density at radius 2 is 1.61 bits per heavy atom. The average Bonchev–Trinajstić information content (AvgIpc) is 2.18. The van der Waals surface area contributed by atoms with Crippen LogP contribution in [0.1, 0.15) is 0 Å². The average molecular weight is 286 g/mol. The molecule has 1 saturated heterocycles. The Morgan fingerprint density at radius 3 is 2.06 bits per heavy atom. The zero-order valence-corrected chi connectivity index (χ0v) is 11.0. The Kier molecular flexibility index (Phi) is 7.87. The van der Waals surface area contributed by atoms with Crippen LogP contribution >= 0.6 is 0 Å². The van der Waals surface area contributed by atoms with Gasteiger partial charge in [0.25, 0.3) is 10.1 Å². The molecule has 1 rings (SSSR count). The smallest absolute Gasteiger partial charge is 0.267 e. The number of piperazine rings is 1. The second-order valence-corrected chi connectivity index (χ2v) is 5.77. The zero-order valence-electron chi connectivity index (χ0n) is 10.2. The molecular formula is C9H22N2O6S. The van der Waals surface area contributed by atoms with Crippen molar-refractivity contribution in [3.05, 3.63) is 0 Å². The van der Waals surface area contributed by atoms with E-state index in [1.165, 1.54) is 0 Å². The lowest BCUT2D eigenvalue weighted by Gasteiger charge is -2.35. The van der Waals surface area contributed by atoms with Crippen LogP contribution in [0.15, 0.2) is 0 Å². The molecule has 1 atom stereocenters. The van der Waals surface area contributed by atoms with Crippen molar-refractivity contribution in [3.8, 4) is 0 Å². The molecule has 0 radical (unpaired) electrons. The summed E-state index contributed by atoms with van der Waals surface area (Å²) in [6.07, 6.45) is -1.06. The highest BCUT2D eigenvalue weighted by Gasteiger charge is 2.21. The van der Waals surface area contributed by atoms with Crippen LogP contribution in [0.3, 0.4) is 0 Å². The number of β-amino-alcohol motifs (C(OH)–C–C–N with tert-alkyl or cyclic N) is 2. The van der Waals surface area contributed by atoms with Crippen molar-refractivity contribution in [3.63, 3.8) is 0 Å². The fraction of sp³-hybridized carbons (Fsp3) is 1.00. The normalized spacial score (nSPS) is 20.4. The van der Waals surface area contributed by atoms with E-state index in [9.17, 15) is 13.5 Å². The number of aliphatic hydroxyl groups is 2. The van der Waals surface area contributed by atoms with Gasteiger partial charge in [0.1, 0.15) is 5.75 Å². The van der Waals surface area contributed by atoms with Gasteiger partial charge in [-0.1, -0.05) is 0 Å². The minimum atomic E-state index is -4.11. The number of nitrogens with zero attached hydrogens (tertiary/aromatic N) is 2. The molecule has 1 aliphatic heterocycles. The van der Waals surface area contributed by atoms with Crippen LogP contribution in [0.2, 0.25) is 0 Å². The van der Waals surface area contributed by atoms with Gasteiger partial charge < -0.3 is 15.7 Å². The second kappa shape index (κ2) is 8.00. The van der Waals surface area contributed by atoms with Crippen molar-refractivity contribution < 1.29 is 28.7 Å². The van der Waals surface area contributed by atoms with Crippen LogP contribution < -0.4 is 0 Å². The minimum absolute atomic E-state index is 0. The summed E-state index contributed by atoms with van der Waals surface area (Å²) in [5.41, 5.74) is 0. The largest absolute Gasteiger partial charge is 0.412 e. The molecule has 8 nitrogen and oxygen atoms in total. The molecule has 0 spiro atoms. The fourth-order valence-corrected chi connectivity index (χ4v) is 2.52. The molecule has 18 heavy (non-hydrogen) atoms. The molecule has 0 amide bonds. The van der Waals surface area contributed by atoms with E-state index in [-0.39, 0.29) is 18.6 Å². The first-order chi connectivity index (χ1) is 7.90. The lowest BCUT2D eigenvalue weighted by molar-refractivity contribution is 0.0737. The Bertz CT molecular complexity index is 315. The molecule has 0 aromatic heterocycles. The monoisotopic (exact) mass is 286 g/mol. The van der Waals surface area contributed by atoms with E-state index in [1.54, 1.807) is 0 Å². The molecule has 1 fully saturated rings. The maximum Gasteiger partial charge on any atom is 0.267 e. The van der Waals surface area contributed by atoms with Gasteiger partial charge in [-0.3, -0.25) is 14.4 Å². The molecule has 0 aromatic rings. The van der Waals surface area contributed by atoms with Gasteiger partial charge >= 0.3 is 0 Å². The van der Waals surface area contributed by atoms with Crippen molar-refractivity contribution in [1.29, 1.82) is 0 Å². The summed E-state index contributed by atoms with van der Waals surface area (Å²) >= 11 is 0. The van der Waals surface area contributed by atoms with Crippen LogP contribution in [0.5, 0.6) is 0 Å². The van der Waals surface area contributed by atoms with Crippen molar-refractivity contribution in [2.24, 2.45) is 0 Å². The van der Waals surface area contributed by atoms with E-state index in [2.05, 4.69) is 4.90 Å². The third-order valence-electron chi connectivity index (χ3n) is 2.75. The third kappa shape index (κ3) is 7.21. The summed E-state index contributed by atoms with van der Waals surface area (Å²) in [7, 11) is -4.11. The Labute approximate surface area is 107 Å². The van der Waals surface area contributed by atoms with E-state index in [4.69, 9.17) is 9.66 Å². The maximum absolute atomic E-state index is 10.6. The van der Waals surface area contributed by atoms with E-state index < -0.39 is 22.0 Å². The Balaban J connectivity index is 0.00000289. The summed E-state index contributed by atoms with van der Waals surface area (Å²) in [4.78, 5) is 4.05. The first kappa shape index (κ1) is 17.7. The number of hydrogen-bond acceptors (Lipinski definition) is 6. The molecule has 9 heteroatoms. The van der Waals surface area contributed by atoms with E-state index >= 15 is 0 Å². The molecule has 0 unspecified atom stereocenters. The van der Waals surface area contributed by atoms with Crippen LogP contribution in [-0.4, -0.2) is 96.2 Å². The molecule has 0 aliphatic carbocycles. The van der Waals surface area contributed by atoms with Crippen LogP contribution in [0.25, 0.3) is 0 Å². The molecule has 0 saturated carbocycles. The Hall–Kier alpha value is -0.290. The number of rotatable bonds is 6. The van der Waals surface area contributed by atoms with Gasteiger partial charge in [-0.2, -0.15) is 8.42 Å². The predicted octanol–water partition coefficient (Wildman–Crippen LogP) is -2.98. The quantitative estimate of drug-likeness (QED) is 0.444. The standard InChI is InChI=1S/C9H20N2O5S.H2O/c12-6-5-10-1-3-11(4-2-10)7-9(13)8-17(14,15)16;/h9,12-13H,1-8H2,(H,14,15,16);1H2/t9-;/m0./s1. The molecule has 1 aliphatic rings. The van der Waals surface area contributed by atoms with E-state index in [0.717, 1.165) is 26.2 Å². The summed E-state index contributed by atoms with van der Waals surface area (Å²) in [6.45, 7) is 4.04. The number of aliphatic hydroxyl groups excluding tert-OH is 2. The fourth-order valence-electron chi connectivity index (χ4n) is 1.93. The molecule has 5 N–H and O–H groups in total. The SMILES string of the molecule is O.O=S(=O)(O)C[C@@H](O)CN1CCN(CCO)CC1. The molecule has 0 aromatic carbocycles. The first-order valence-corrected chi connectivity index (χ1v) is 7.20. The van der Waals surface area contributed by atoms with Gasteiger partial charge in [-0.25, -0.2) is 0 Å². The Morgan fingerprint density at radius 1 is 1.11 bits per heavy atom. The van der Waals surface area contributed by atoms with Gasteiger partial charge in [0.15, 0.2) is 0 Å². The van der Waals surface area contributed by atoms with Crippen LogP contribution in [0, 0.1) is 0 Å². The van der Waals surface area contributed by atoms with Gasteiger partial charge in [0, 0.05) is 39.3 Å². The van der Waals surface area contributed by atoms with Crippen LogP contribution in [0.4, 0.5) is 0 Å². The van der Waals surface area contributed by atoms with Gasteiger partial charge in [-0.15, -0.1) is 0 Å². The molecule has 110 valence electrons. The topological polar surface area (TPSA) is 133 Å².